The Hall–Kier alpha value is -5.98. The second-order valence-electron chi connectivity index (χ2n) is 16.1. The molecular weight excluding hydrogens is 625 g/mol. The van der Waals surface area contributed by atoms with Crippen LogP contribution >= 0.6 is 0 Å². The van der Waals surface area contributed by atoms with E-state index < -0.39 is 0 Å². The van der Waals surface area contributed by atoms with Crippen LogP contribution in [0.3, 0.4) is 0 Å². The van der Waals surface area contributed by atoms with Gasteiger partial charge in [0.1, 0.15) is 0 Å². The third kappa shape index (κ3) is 3.87. The van der Waals surface area contributed by atoms with Crippen LogP contribution in [0.4, 0.5) is 0 Å². The summed E-state index contributed by atoms with van der Waals surface area (Å²) < 4.78 is 0. The Bertz CT molecular complexity index is 2940. The highest BCUT2D eigenvalue weighted by molar-refractivity contribution is 6.28. The van der Waals surface area contributed by atoms with Crippen LogP contribution in [0.1, 0.15) is 49.9 Å². The molecule has 52 heavy (non-hydrogen) atoms. The molecule has 0 bridgehead atoms. The molecule has 11 rings (SSSR count). The molecule has 0 unspecified atom stereocenters. The predicted molar refractivity (Wildman–Crippen MR) is 222 cm³/mol. The lowest BCUT2D eigenvalue weighted by molar-refractivity contribution is 0.652. The van der Waals surface area contributed by atoms with Crippen LogP contribution in [-0.2, 0) is 10.8 Å². The lowest BCUT2D eigenvalue weighted by Gasteiger charge is -2.24. The van der Waals surface area contributed by atoms with Gasteiger partial charge in [-0.1, -0.05) is 167 Å². The second kappa shape index (κ2) is 10.3. The molecule has 0 saturated carbocycles. The van der Waals surface area contributed by atoms with E-state index in [0.717, 1.165) is 0 Å². The molecule has 9 aromatic carbocycles. The Morgan fingerprint density at radius 3 is 1.46 bits per heavy atom. The van der Waals surface area contributed by atoms with E-state index >= 15 is 0 Å². The normalized spacial score (nSPS) is 14.8. The Labute approximate surface area is 305 Å². The van der Waals surface area contributed by atoms with Crippen LogP contribution in [0, 0.1) is 0 Å². The van der Waals surface area contributed by atoms with Crippen molar-refractivity contribution in [2.45, 2.75) is 38.5 Å². The van der Waals surface area contributed by atoms with Crippen molar-refractivity contribution in [1.29, 1.82) is 0 Å². The molecular formula is C52H38. The average Bonchev–Trinajstić information content (AvgIpc) is 3.55. The van der Waals surface area contributed by atoms with Gasteiger partial charge in [-0.3, -0.25) is 0 Å². The SMILES string of the molecule is CC1(C)c2ccccc2-c2cc3c(cc21)-c1ccc(-c2ccc4ccc5c(-c6ccccc6-c6ccccc6)ccc6ccc2c4c65)cc1C3(C)C. The molecule has 0 heteroatoms. The summed E-state index contributed by atoms with van der Waals surface area (Å²) in [4.78, 5) is 0. The summed E-state index contributed by atoms with van der Waals surface area (Å²) >= 11 is 0. The fourth-order valence-corrected chi connectivity index (χ4v) is 9.97. The summed E-state index contributed by atoms with van der Waals surface area (Å²) in [6.07, 6.45) is 0. The van der Waals surface area contributed by atoms with E-state index in [-0.39, 0.29) is 10.8 Å². The van der Waals surface area contributed by atoms with Crippen LogP contribution in [0.5, 0.6) is 0 Å². The molecule has 0 atom stereocenters. The summed E-state index contributed by atoms with van der Waals surface area (Å²) in [6, 6.07) is 59.6. The smallest absolute Gasteiger partial charge is 0.0159 e. The third-order valence-corrected chi connectivity index (χ3v) is 12.7. The number of hydrogen-bond donors (Lipinski definition) is 0. The highest BCUT2D eigenvalue weighted by atomic mass is 14.4. The summed E-state index contributed by atoms with van der Waals surface area (Å²) in [5, 5.41) is 7.90. The topological polar surface area (TPSA) is 0 Å². The molecule has 0 spiro atoms. The van der Waals surface area contributed by atoms with Gasteiger partial charge in [0.15, 0.2) is 0 Å². The van der Waals surface area contributed by atoms with Crippen molar-refractivity contribution < 1.29 is 0 Å². The fourth-order valence-electron chi connectivity index (χ4n) is 9.97. The van der Waals surface area contributed by atoms with Crippen molar-refractivity contribution >= 4 is 32.3 Å². The molecule has 2 aliphatic carbocycles. The molecule has 2 aliphatic rings. The van der Waals surface area contributed by atoms with Gasteiger partial charge < -0.3 is 0 Å². The Balaban J connectivity index is 1.08. The van der Waals surface area contributed by atoms with Gasteiger partial charge in [-0.25, -0.2) is 0 Å². The molecule has 0 radical (unpaired) electrons. The number of rotatable bonds is 3. The summed E-state index contributed by atoms with van der Waals surface area (Å²) in [5.74, 6) is 0. The van der Waals surface area contributed by atoms with Crippen molar-refractivity contribution in [3.05, 3.63) is 180 Å². The van der Waals surface area contributed by atoms with E-state index in [1.165, 1.54) is 110 Å². The molecule has 0 nitrogen and oxygen atoms in total. The van der Waals surface area contributed by atoms with E-state index in [4.69, 9.17) is 0 Å². The van der Waals surface area contributed by atoms with Crippen LogP contribution < -0.4 is 0 Å². The maximum atomic E-state index is 2.52. The Kier molecular flexibility index (Phi) is 5.89. The van der Waals surface area contributed by atoms with E-state index in [2.05, 4.69) is 185 Å². The van der Waals surface area contributed by atoms with E-state index in [9.17, 15) is 0 Å². The molecule has 0 amide bonds. The van der Waals surface area contributed by atoms with Crippen molar-refractivity contribution in [2.24, 2.45) is 0 Å². The predicted octanol–water partition coefficient (Wildman–Crippen LogP) is 14.2. The quantitative estimate of drug-likeness (QED) is 0.165. The lowest BCUT2D eigenvalue weighted by atomic mass is 9.79. The molecule has 0 fully saturated rings. The minimum Gasteiger partial charge on any atom is -0.0622 e. The van der Waals surface area contributed by atoms with Crippen molar-refractivity contribution in [3.8, 4) is 55.6 Å². The van der Waals surface area contributed by atoms with Crippen LogP contribution in [-0.4, -0.2) is 0 Å². The number of benzene rings is 9. The lowest BCUT2D eigenvalue weighted by Crippen LogP contribution is -2.17. The molecule has 0 N–H and O–H groups in total. The standard InChI is InChI=1S/C52H38/c1-51(2)45-17-11-10-16-39(45)43-29-48-44(30-47(43)51)40-25-22-34(28-46(40)52(48,3)4)36-23-18-32-21-27-42-38(24-19-33-20-26-41(36)49(32)50(33)42)37-15-9-8-14-35(37)31-12-6-5-7-13-31/h5-30H,1-4H3. The molecule has 0 heterocycles. The maximum Gasteiger partial charge on any atom is 0.0159 e. The molecule has 0 aromatic heterocycles. The van der Waals surface area contributed by atoms with Crippen molar-refractivity contribution in [3.63, 3.8) is 0 Å². The first-order chi connectivity index (χ1) is 25.3. The van der Waals surface area contributed by atoms with Crippen molar-refractivity contribution in [1.82, 2.24) is 0 Å². The molecule has 246 valence electrons. The highest BCUT2D eigenvalue weighted by Crippen LogP contribution is 2.56. The summed E-state index contributed by atoms with van der Waals surface area (Å²) in [7, 11) is 0. The van der Waals surface area contributed by atoms with Gasteiger partial charge in [-0.15, -0.1) is 0 Å². The average molecular weight is 663 g/mol. The van der Waals surface area contributed by atoms with Gasteiger partial charge in [-0.2, -0.15) is 0 Å². The van der Waals surface area contributed by atoms with E-state index in [0.29, 0.717) is 0 Å². The largest absolute Gasteiger partial charge is 0.0622 e. The van der Waals surface area contributed by atoms with Gasteiger partial charge in [-0.05, 0) is 128 Å². The highest BCUT2D eigenvalue weighted by Gasteiger charge is 2.41. The second-order valence-corrected chi connectivity index (χ2v) is 16.1. The van der Waals surface area contributed by atoms with Gasteiger partial charge in [0.05, 0.1) is 0 Å². The van der Waals surface area contributed by atoms with E-state index in [1.54, 1.807) is 0 Å². The third-order valence-electron chi connectivity index (χ3n) is 12.7. The molecule has 0 aliphatic heterocycles. The first-order valence-corrected chi connectivity index (χ1v) is 18.6. The van der Waals surface area contributed by atoms with Crippen molar-refractivity contribution in [2.75, 3.05) is 0 Å². The van der Waals surface area contributed by atoms with Crippen LogP contribution in [0.25, 0.3) is 88.0 Å². The molecule has 9 aromatic rings. The zero-order valence-corrected chi connectivity index (χ0v) is 30.0. The van der Waals surface area contributed by atoms with Crippen LogP contribution in [0.15, 0.2) is 158 Å². The van der Waals surface area contributed by atoms with Gasteiger partial charge in [0.25, 0.3) is 0 Å². The Morgan fingerprint density at radius 2 is 0.769 bits per heavy atom. The van der Waals surface area contributed by atoms with Gasteiger partial charge >= 0.3 is 0 Å². The number of fused-ring (bicyclic) bond motifs is 6. The first-order valence-electron chi connectivity index (χ1n) is 18.6. The fraction of sp³-hybridized carbons (Fsp3) is 0.115. The first kappa shape index (κ1) is 29.7. The minimum absolute atomic E-state index is 0.0149. The summed E-state index contributed by atoms with van der Waals surface area (Å²) in [6.45, 7) is 9.59. The van der Waals surface area contributed by atoms with Gasteiger partial charge in [0.2, 0.25) is 0 Å². The Morgan fingerprint density at radius 1 is 0.288 bits per heavy atom. The minimum atomic E-state index is -0.109. The molecule has 0 saturated heterocycles. The van der Waals surface area contributed by atoms with E-state index in [1.807, 2.05) is 0 Å². The number of hydrogen-bond acceptors (Lipinski definition) is 0. The zero-order chi connectivity index (χ0) is 34.9. The maximum absolute atomic E-state index is 2.52. The van der Waals surface area contributed by atoms with Gasteiger partial charge in [0, 0.05) is 10.8 Å². The van der Waals surface area contributed by atoms with Crippen LogP contribution in [0.2, 0.25) is 0 Å². The monoisotopic (exact) mass is 662 g/mol. The zero-order valence-electron chi connectivity index (χ0n) is 30.0. The summed E-state index contributed by atoms with van der Waals surface area (Å²) in [5.41, 5.74) is 18.8.